The van der Waals surface area contributed by atoms with Crippen LogP contribution in [0.5, 0.6) is 0 Å². The Bertz CT molecular complexity index is 376. The molecule has 1 N–H and O–H groups in total. The van der Waals surface area contributed by atoms with E-state index in [1.54, 1.807) is 0 Å². The molecule has 1 saturated carbocycles. The molecule has 5 heteroatoms. The summed E-state index contributed by atoms with van der Waals surface area (Å²) >= 11 is 0. The molecule has 0 unspecified atom stereocenters. The van der Waals surface area contributed by atoms with Gasteiger partial charge in [-0.2, -0.15) is 0 Å². The van der Waals surface area contributed by atoms with Crippen LogP contribution in [0.2, 0.25) is 0 Å². The van der Waals surface area contributed by atoms with Crippen molar-refractivity contribution in [3.63, 3.8) is 0 Å². The van der Waals surface area contributed by atoms with Crippen LogP contribution in [0.1, 0.15) is 58.3 Å². The topological polar surface area (TPSA) is 36.9 Å². The molecule has 3 fully saturated rings. The first-order valence-electron chi connectivity index (χ1n) is 9.42. The highest BCUT2D eigenvalue weighted by molar-refractivity contribution is 14.0. The lowest BCUT2D eigenvalue weighted by atomic mass is 9.73. The van der Waals surface area contributed by atoms with E-state index in [9.17, 15) is 0 Å². The van der Waals surface area contributed by atoms with E-state index in [0.29, 0.717) is 11.3 Å². The van der Waals surface area contributed by atoms with Crippen LogP contribution in [0.25, 0.3) is 0 Å². The Morgan fingerprint density at radius 1 is 1.17 bits per heavy atom. The van der Waals surface area contributed by atoms with Gasteiger partial charge in [-0.05, 0) is 50.4 Å². The molecule has 0 atom stereocenters. The summed E-state index contributed by atoms with van der Waals surface area (Å²) in [4.78, 5) is 7.51. The summed E-state index contributed by atoms with van der Waals surface area (Å²) in [6.07, 6.45) is 10.9. The molecule has 23 heavy (non-hydrogen) atoms. The second-order valence-corrected chi connectivity index (χ2v) is 7.48. The number of halogens is 1. The first kappa shape index (κ1) is 19.3. The third-order valence-electron chi connectivity index (χ3n) is 5.83. The van der Waals surface area contributed by atoms with Crippen molar-refractivity contribution in [2.75, 3.05) is 39.4 Å². The number of rotatable bonds is 3. The predicted octanol–water partition coefficient (Wildman–Crippen LogP) is 3.65. The molecule has 1 spiro atoms. The zero-order valence-electron chi connectivity index (χ0n) is 14.7. The van der Waals surface area contributed by atoms with Crippen molar-refractivity contribution in [3.8, 4) is 0 Å². The van der Waals surface area contributed by atoms with Gasteiger partial charge in [-0.15, -0.1) is 24.0 Å². The average molecular weight is 435 g/mol. The van der Waals surface area contributed by atoms with E-state index in [2.05, 4.69) is 17.1 Å². The molecule has 0 radical (unpaired) electrons. The van der Waals surface area contributed by atoms with Crippen LogP contribution in [-0.4, -0.2) is 50.3 Å². The number of ether oxygens (including phenoxy) is 1. The summed E-state index contributed by atoms with van der Waals surface area (Å²) < 4.78 is 5.45. The summed E-state index contributed by atoms with van der Waals surface area (Å²) in [5, 5.41) is 3.53. The molecule has 0 bridgehead atoms. The molecular weight excluding hydrogens is 401 g/mol. The third-order valence-corrected chi connectivity index (χ3v) is 5.83. The van der Waals surface area contributed by atoms with Crippen LogP contribution < -0.4 is 5.32 Å². The third kappa shape index (κ3) is 5.21. The zero-order chi connectivity index (χ0) is 15.3. The Kier molecular flexibility index (Phi) is 7.92. The van der Waals surface area contributed by atoms with E-state index >= 15 is 0 Å². The first-order valence-corrected chi connectivity index (χ1v) is 9.42. The van der Waals surface area contributed by atoms with Gasteiger partial charge in [0.25, 0.3) is 0 Å². The minimum absolute atomic E-state index is 0. The van der Waals surface area contributed by atoms with Gasteiger partial charge in [0.05, 0.1) is 0 Å². The Morgan fingerprint density at radius 2 is 1.91 bits per heavy atom. The Labute approximate surface area is 158 Å². The van der Waals surface area contributed by atoms with Crippen molar-refractivity contribution < 1.29 is 4.74 Å². The maximum atomic E-state index is 5.45. The first-order chi connectivity index (χ1) is 10.8. The average Bonchev–Trinajstić information content (AvgIpc) is 2.96. The van der Waals surface area contributed by atoms with Crippen molar-refractivity contribution >= 4 is 29.9 Å². The number of aliphatic imine (C=N–C) groups is 1. The molecular formula is C18H34IN3O. The van der Waals surface area contributed by atoms with E-state index in [1.165, 1.54) is 64.5 Å². The van der Waals surface area contributed by atoms with Gasteiger partial charge >= 0.3 is 0 Å². The van der Waals surface area contributed by atoms with Crippen LogP contribution in [0.15, 0.2) is 4.99 Å². The number of likely N-dealkylation sites (tertiary alicyclic amines) is 1. The molecule has 0 amide bonds. The van der Waals surface area contributed by atoms with Crippen LogP contribution >= 0.6 is 24.0 Å². The van der Waals surface area contributed by atoms with Gasteiger partial charge < -0.3 is 15.0 Å². The fraction of sp³-hybridized carbons (Fsp3) is 0.944. The van der Waals surface area contributed by atoms with Gasteiger partial charge in [0.15, 0.2) is 5.96 Å². The van der Waals surface area contributed by atoms with Crippen molar-refractivity contribution in [2.24, 2.45) is 16.3 Å². The lowest BCUT2D eigenvalue weighted by Crippen LogP contribution is -2.42. The van der Waals surface area contributed by atoms with Crippen LogP contribution in [0.3, 0.4) is 0 Å². The van der Waals surface area contributed by atoms with Crippen molar-refractivity contribution in [3.05, 3.63) is 0 Å². The highest BCUT2D eigenvalue weighted by Gasteiger charge is 2.39. The van der Waals surface area contributed by atoms with Gasteiger partial charge in [0.1, 0.15) is 0 Å². The van der Waals surface area contributed by atoms with Gasteiger partial charge in [0.2, 0.25) is 0 Å². The lowest BCUT2D eigenvalue weighted by molar-refractivity contribution is 0.0688. The monoisotopic (exact) mass is 435 g/mol. The fourth-order valence-corrected chi connectivity index (χ4v) is 4.40. The van der Waals surface area contributed by atoms with Crippen LogP contribution in [0, 0.1) is 11.3 Å². The maximum Gasteiger partial charge on any atom is 0.193 e. The highest BCUT2D eigenvalue weighted by Crippen LogP contribution is 2.43. The van der Waals surface area contributed by atoms with Crippen molar-refractivity contribution in [1.29, 1.82) is 0 Å². The Balaban J connectivity index is 0.00000192. The van der Waals surface area contributed by atoms with Crippen LogP contribution in [0.4, 0.5) is 0 Å². The molecule has 134 valence electrons. The molecule has 3 aliphatic rings. The smallest absolute Gasteiger partial charge is 0.193 e. The number of nitrogens with one attached hydrogen (secondary N) is 1. The number of nitrogens with zero attached hydrogens (tertiary/aromatic N) is 2. The normalized spacial score (nSPS) is 25.4. The fourth-order valence-electron chi connectivity index (χ4n) is 4.40. The summed E-state index contributed by atoms with van der Waals surface area (Å²) in [5.74, 6) is 1.88. The minimum atomic E-state index is 0. The molecule has 2 saturated heterocycles. The van der Waals surface area contributed by atoms with Crippen molar-refractivity contribution in [2.45, 2.75) is 58.3 Å². The Hall–Kier alpha value is -0.0400. The summed E-state index contributed by atoms with van der Waals surface area (Å²) in [5.41, 5.74) is 0.604. The second-order valence-electron chi connectivity index (χ2n) is 7.48. The molecule has 4 nitrogen and oxygen atoms in total. The maximum absolute atomic E-state index is 5.45. The molecule has 2 heterocycles. The summed E-state index contributed by atoms with van der Waals surface area (Å²) in [7, 11) is 0. The van der Waals surface area contributed by atoms with E-state index in [0.717, 1.165) is 32.3 Å². The largest absolute Gasteiger partial charge is 0.381 e. The highest BCUT2D eigenvalue weighted by atomic mass is 127. The summed E-state index contributed by atoms with van der Waals surface area (Å²) in [6.45, 7) is 8.38. The van der Waals surface area contributed by atoms with Gasteiger partial charge in [0, 0.05) is 39.4 Å². The van der Waals surface area contributed by atoms with E-state index in [1.807, 2.05) is 0 Å². The predicted molar refractivity (Wildman–Crippen MR) is 107 cm³/mol. The molecule has 0 aromatic carbocycles. The molecule has 3 rings (SSSR count). The van der Waals surface area contributed by atoms with E-state index in [4.69, 9.17) is 9.73 Å². The van der Waals surface area contributed by atoms with Crippen molar-refractivity contribution in [1.82, 2.24) is 10.2 Å². The minimum Gasteiger partial charge on any atom is -0.381 e. The number of guanidine groups is 1. The molecule has 1 aliphatic carbocycles. The number of hydrogen-bond donors (Lipinski definition) is 1. The molecule has 0 aromatic heterocycles. The van der Waals surface area contributed by atoms with Crippen LogP contribution in [-0.2, 0) is 4.74 Å². The van der Waals surface area contributed by atoms with Gasteiger partial charge in [-0.25, -0.2) is 0 Å². The van der Waals surface area contributed by atoms with E-state index in [-0.39, 0.29) is 24.0 Å². The lowest BCUT2D eigenvalue weighted by Gasteiger charge is -2.33. The van der Waals surface area contributed by atoms with Gasteiger partial charge in [-0.1, -0.05) is 19.3 Å². The van der Waals surface area contributed by atoms with E-state index < -0.39 is 0 Å². The number of hydrogen-bond acceptors (Lipinski definition) is 2. The SMILES string of the molecule is CCNC(=NCC1CCOCC1)N1CCC2(CCCCC2)C1.I. The zero-order valence-corrected chi connectivity index (χ0v) is 17.0. The standard InChI is InChI=1S/C18H33N3O.HI/c1-2-19-17(20-14-16-6-12-22-13-7-16)21-11-10-18(15-21)8-4-3-5-9-18;/h16H,2-15H2,1H3,(H,19,20);1H. The summed E-state index contributed by atoms with van der Waals surface area (Å²) in [6, 6.07) is 0. The second kappa shape index (κ2) is 9.44. The van der Waals surface area contributed by atoms with Gasteiger partial charge in [-0.3, -0.25) is 4.99 Å². The Morgan fingerprint density at radius 3 is 2.61 bits per heavy atom. The molecule has 0 aromatic rings. The quantitative estimate of drug-likeness (QED) is 0.418. The molecule has 2 aliphatic heterocycles.